The topological polar surface area (TPSA) is 37.8 Å². The lowest BCUT2D eigenvalue weighted by atomic mass is 10.2. The Balaban J connectivity index is 1.71. The van der Waals surface area contributed by atoms with Crippen molar-refractivity contribution in [3.63, 3.8) is 0 Å². The standard InChI is InChI=1S/C16H17N3S/c1-11(18-10-14-7-8-17-12(2)19-14)16-9-13-5-3-4-6-15(13)20-16/h3-9,11,18H,10H2,1-2H3. The van der Waals surface area contributed by atoms with Crippen LogP contribution >= 0.6 is 11.3 Å². The first kappa shape index (κ1) is 13.2. The van der Waals surface area contributed by atoms with Crippen molar-refractivity contribution in [3.8, 4) is 0 Å². The molecule has 0 fully saturated rings. The fraction of sp³-hybridized carbons (Fsp3) is 0.250. The zero-order valence-corrected chi connectivity index (χ0v) is 12.4. The summed E-state index contributed by atoms with van der Waals surface area (Å²) < 4.78 is 1.34. The predicted octanol–water partition coefficient (Wildman–Crippen LogP) is 3.85. The summed E-state index contributed by atoms with van der Waals surface area (Å²) in [5, 5.41) is 4.84. The molecule has 1 aromatic carbocycles. The lowest BCUT2D eigenvalue weighted by molar-refractivity contribution is 0.574. The van der Waals surface area contributed by atoms with Gasteiger partial charge < -0.3 is 5.32 Å². The SMILES string of the molecule is Cc1nccc(CNC(C)c2cc3ccccc3s2)n1. The second kappa shape index (κ2) is 5.69. The third-order valence-electron chi connectivity index (χ3n) is 3.29. The van der Waals surface area contributed by atoms with Crippen LogP contribution in [-0.4, -0.2) is 9.97 Å². The molecule has 0 amide bonds. The van der Waals surface area contributed by atoms with Crippen molar-refractivity contribution in [2.24, 2.45) is 0 Å². The average Bonchev–Trinajstić information content (AvgIpc) is 2.89. The molecule has 102 valence electrons. The zero-order chi connectivity index (χ0) is 13.9. The number of hydrogen-bond acceptors (Lipinski definition) is 4. The first-order chi connectivity index (χ1) is 9.72. The Morgan fingerprint density at radius 2 is 2.10 bits per heavy atom. The maximum Gasteiger partial charge on any atom is 0.125 e. The molecule has 3 rings (SSSR count). The molecule has 0 aliphatic carbocycles. The van der Waals surface area contributed by atoms with Crippen LogP contribution in [0.5, 0.6) is 0 Å². The summed E-state index contributed by atoms with van der Waals surface area (Å²) in [7, 11) is 0. The molecular weight excluding hydrogens is 266 g/mol. The number of fused-ring (bicyclic) bond motifs is 1. The summed E-state index contributed by atoms with van der Waals surface area (Å²) in [6, 6.07) is 13.0. The fourth-order valence-electron chi connectivity index (χ4n) is 2.18. The first-order valence-electron chi connectivity index (χ1n) is 6.73. The summed E-state index contributed by atoms with van der Waals surface area (Å²) in [5.74, 6) is 0.818. The Bertz CT molecular complexity index is 687. The Kier molecular flexibility index (Phi) is 3.76. The van der Waals surface area contributed by atoms with E-state index in [2.05, 4.69) is 52.5 Å². The van der Waals surface area contributed by atoms with E-state index in [0.29, 0.717) is 6.04 Å². The van der Waals surface area contributed by atoms with Crippen LogP contribution in [0.1, 0.15) is 29.4 Å². The third-order valence-corrected chi connectivity index (χ3v) is 4.59. The number of hydrogen-bond donors (Lipinski definition) is 1. The van der Waals surface area contributed by atoms with E-state index >= 15 is 0 Å². The van der Waals surface area contributed by atoms with Gasteiger partial charge >= 0.3 is 0 Å². The molecule has 0 saturated heterocycles. The van der Waals surface area contributed by atoms with Crippen LogP contribution in [0.15, 0.2) is 42.6 Å². The van der Waals surface area contributed by atoms with E-state index < -0.39 is 0 Å². The second-order valence-electron chi connectivity index (χ2n) is 4.88. The van der Waals surface area contributed by atoms with Crippen molar-refractivity contribution < 1.29 is 0 Å². The number of rotatable bonds is 4. The Hall–Kier alpha value is -1.78. The average molecular weight is 283 g/mol. The van der Waals surface area contributed by atoms with Gasteiger partial charge in [-0.25, -0.2) is 9.97 Å². The molecule has 2 heterocycles. The van der Waals surface area contributed by atoms with Gasteiger partial charge in [-0.1, -0.05) is 18.2 Å². The monoisotopic (exact) mass is 283 g/mol. The van der Waals surface area contributed by atoms with Crippen LogP contribution in [0, 0.1) is 6.92 Å². The van der Waals surface area contributed by atoms with Gasteiger partial charge in [-0.15, -0.1) is 11.3 Å². The molecule has 0 aliphatic rings. The highest BCUT2D eigenvalue weighted by Gasteiger charge is 2.09. The van der Waals surface area contributed by atoms with E-state index in [0.717, 1.165) is 18.1 Å². The summed E-state index contributed by atoms with van der Waals surface area (Å²) in [5.41, 5.74) is 1.03. The number of benzene rings is 1. The third kappa shape index (κ3) is 2.86. The van der Waals surface area contributed by atoms with Gasteiger partial charge in [0, 0.05) is 28.4 Å². The van der Waals surface area contributed by atoms with Crippen molar-refractivity contribution in [2.75, 3.05) is 0 Å². The minimum absolute atomic E-state index is 0.322. The van der Waals surface area contributed by atoms with E-state index in [-0.39, 0.29) is 0 Å². The molecule has 20 heavy (non-hydrogen) atoms. The molecule has 3 nitrogen and oxygen atoms in total. The molecular formula is C16H17N3S. The van der Waals surface area contributed by atoms with Crippen molar-refractivity contribution in [1.82, 2.24) is 15.3 Å². The Morgan fingerprint density at radius 3 is 2.90 bits per heavy atom. The van der Waals surface area contributed by atoms with Crippen molar-refractivity contribution >= 4 is 21.4 Å². The van der Waals surface area contributed by atoms with Crippen LogP contribution in [0.2, 0.25) is 0 Å². The quantitative estimate of drug-likeness (QED) is 0.790. The normalized spacial score (nSPS) is 12.7. The summed E-state index contributed by atoms with van der Waals surface area (Å²) in [6.07, 6.45) is 1.81. The Morgan fingerprint density at radius 1 is 1.25 bits per heavy atom. The molecule has 1 unspecified atom stereocenters. The number of nitrogens with zero attached hydrogens (tertiary/aromatic N) is 2. The van der Waals surface area contributed by atoms with Gasteiger partial charge in [0.25, 0.3) is 0 Å². The molecule has 4 heteroatoms. The van der Waals surface area contributed by atoms with Gasteiger partial charge in [-0.2, -0.15) is 0 Å². The highest BCUT2D eigenvalue weighted by Crippen LogP contribution is 2.29. The van der Waals surface area contributed by atoms with E-state index in [9.17, 15) is 0 Å². The fourth-order valence-corrected chi connectivity index (χ4v) is 3.27. The molecule has 0 bridgehead atoms. The van der Waals surface area contributed by atoms with Crippen LogP contribution < -0.4 is 5.32 Å². The van der Waals surface area contributed by atoms with Gasteiger partial charge in [0.05, 0.1) is 5.69 Å². The zero-order valence-electron chi connectivity index (χ0n) is 11.6. The molecule has 0 radical (unpaired) electrons. The summed E-state index contributed by atoms with van der Waals surface area (Å²) >= 11 is 1.85. The number of nitrogens with one attached hydrogen (secondary N) is 1. The maximum absolute atomic E-state index is 4.41. The van der Waals surface area contributed by atoms with Gasteiger partial charge in [0.1, 0.15) is 5.82 Å². The Labute approximate surface area is 122 Å². The smallest absolute Gasteiger partial charge is 0.125 e. The lowest BCUT2D eigenvalue weighted by Gasteiger charge is -2.11. The molecule has 0 aliphatic heterocycles. The van der Waals surface area contributed by atoms with E-state index in [1.165, 1.54) is 15.0 Å². The van der Waals surface area contributed by atoms with Gasteiger partial charge in [-0.3, -0.25) is 0 Å². The van der Waals surface area contributed by atoms with Crippen LogP contribution in [0.3, 0.4) is 0 Å². The van der Waals surface area contributed by atoms with Crippen molar-refractivity contribution in [2.45, 2.75) is 26.4 Å². The number of aryl methyl sites for hydroxylation is 1. The highest BCUT2D eigenvalue weighted by molar-refractivity contribution is 7.19. The molecule has 0 spiro atoms. The van der Waals surface area contributed by atoms with Crippen molar-refractivity contribution in [1.29, 1.82) is 0 Å². The van der Waals surface area contributed by atoms with Crippen LogP contribution in [-0.2, 0) is 6.54 Å². The van der Waals surface area contributed by atoms with E-state index in [1.54, 1.807) is 0 Å². The molecule has 3 aromatic rings. The van der Waals surface area contributed by atoms with Gasteiger partial charge in [0.15, 0.2) is 0 Å². The molecule has 0 saturated carbocycles. The lowest BCUT2D eigenvalue weighted by Crippen LogP contribution is -2.18. The number of aromatic nitrogens is 2. The minimum atomic E-state index is 0.322. The predicted molar refractivity (Wildman–Crippen MR) is 83.8 cm³/mol. The van der Waals surface area contributed by atoms with E-state index in [4.69, 9.17) is 0 Å². The molecule has 1 N–H and O–H groups in total. The highest BCUT2D eigenvalue weighted by atomic mass is 32.1. The van der Waals surface area contributed by atoms with E-state index in [1.807, 2.05) is 30.5 Å². The van der Waals surface area contributed by atoms with Crippen LogP contribution in [0.25, 0.3) is 10.1 Å². The minimum Gasteiger partial charge on any atom is -0.304 e. The molecule has 1 atom stereocenters. The largest absolute Gasteiger partial charge is 0.304 e. The van der Waals surface area contributed by atoms with Gasteiger partial charge in [-0.05, 0) is 37.4 Å². The second-order valence-corrected chi connectivity index (χ2v) is 6.00. The van der Waals surface area contributed by atoms with Crippen LogP contribution in [0.4, 0.5) is 0 Å². The van der Waals surface area contributed by atoms with Crippen molar-refractivity contribution in [3.05, 3.63) is 59.0 Å². The number of thiophene rings is 1. The van der Waals surface area contributed by atoms with Gasteiger partial charge in [0.2, 0.25) is 0 Å². The molecule has 2 aromatic heterocycles. The maximum atomic E-state index is 4.41. The first-order valence-corrected chi connectivity index (χ1v) is 7.54. The summed E-state index contributed by atoms with van der Waals surface area (Å²) in [6.45, 7) is 4.87. The summed E-state index contributed by atoms with van der Waals surface area (Å²) in [4.78, 5) is 9.89.